The number of rotatable bonds is 1. The molecule has 1 aliphatic heterocycles. The molecule has 1 atom stereocenters. The van der Waals surface area contributed by atoms with Crippen molar-refractivity contribution in [2.45, 2.75) is 25.9 Å². The van der Waals surface area contributed by atoms with E-state index in [0.29, 0.717) is 6.42 Å². The number of carbonyl (C=O) groups excluding carboxylic acids is 1. The van der Waals surface area contributed by atoms with Crippen LogP contribution in [0.2, 0.25) is 0 Å². The zero-order chi connectivity index (χ0) is 8.55. The lowest BCUT2D eigenvalue weighted by molar-refractivity contribution is -0.141. The molecular weight excluding hydrogens is 174 g/mol. The molecule has 0 saturated carbocycles. The van der Waals surface area contributed by atoms with Gasteiger partial charge in [0.25, 0.3) is 0 Å². The summed E-state index contributed by atoms with van der Waals surface area (Å²) in [6.07, 6.45) is 1.24. The highest BCUT2D eigenvalue weighted by Crippen LogP contribution is 2.30. The maximum Gasteiger partial charge on any atom is 0.306 e. The second kappa shape index (κ2) is 2.86. The zero-order valence-electron chi connectivity index (χ0n) is 6.74. The fourth-order valence-corrected chi connectivity index (χ4v) is 2.08. The first-order valence-corrected chi connectivity index (χ1v) is 4.75. The van der Waals surface area contributed by atoms with E-state index in [1.807, 2.05) is 12.3 Å². The van der Waals surface area contributed by atoms with Crippen LogP contribution < -0.4 is 0 Å². The SMILES string of the molecule is Cc1csc(C2CCC(=O)O2)n1. The van der Waals surface area contributed by atoms with Gasteiger partial charge in [-0.3, -0.25) is 4.79 Å². The minimum atomic E-state index is -0.104. The Morgan fingerprint density at radius 2 is 2.58 bits per heavy atom. The number of nitrogens with zero attached hydrogens (tertiary/aromatic N) is 1. The molecule has 1 saturated heterocycles. The summed E-state index contributed by atoms with van der Waals surface area (Å²) in [5, 5.41) is 2.90. The number of esters is 1. The molecule has 0 amide bonds. The fourth-order valence-electron chi connectivity index (χ4n) is 1.22. The third-order valence-electron chi connectivity index (χ3n) is 1.80. The van der Waals surface area contributed by atoms with Gasteiger partial charge in [-0.05, 0) is 6.92 Å². The minimum absolute atomic E-state index is 0.0730. The molecule has 0 aromatic carbocycles. The Morgan fingerprint density at radius 1 is 1.75 bits per heavy atom. The Labute approximate surface area is 74.4 Å². The number of hydrogen-bond acceptors (Lipinski definition) is 4. The number of carbonyl (C=O) groups is 1. The number of aryl methyl sites for hydroxylation is 1. The Morgan fingerprint density at radius 3 is 3.08 bits per heavy atom. The second-order valence-electron chi connectivity index (χ2n) is 2.84. The molecule has 64 valence electrons. The van der Waals surface area contributed by atoms with Crippen molar-refractivity contribution in [2.24, 2.45) is 0 Å². The van der Waals surface area contributed by atoms with Crippen molar-refractivity contribution in [1.82, 2.24) is 4.98 Å². The lowest BCUT2D eigenvalue weighted by Crippen LogP contribution is -1.97. The van der Waals surface area contributed by atoms with Crippen molar-refractivity contribution in [3.63, 3.8) is 0 Å². The first kappa shape index (κ1) is 7.73. The molecule has 4 heteroatoms. The largest absolute Gasteiger partial charge is 0.455 e. The zero-order valence-corrected chi connectivity index (χ0v) is 7.56. The average molecular weight is 183 g/mol. The number of thiazole rings is 1. The summed E-state index contributed by atoms with van der Waals surface area (Å²) in [4.78, 5) is 15.1. The van der Waals surface area contributed by atoms with Gasteiger partial charge in [-0.25, -0.2) is 4.98 Å². The Kier molecular flexibility index (Phi) is 1.84. The number of cyclic esters (lactones) is 1. The van der Waals surface area contributed by atoms with Crippen LogP contribution in [0.25, 0.3) is 0 Å². The van der Waals surface area contributed by atoms with E-state index in [2.05, 4.69) is 4.98 Å². The van der Waals surface area contributed by atoms with E-state index in [9.17, 15) is 4.79 Å². The van der Waals surface area contributed by atoms with Gasteiger partial charge in [0, 0.05) is 23.9 Å². The van der Waals surface area contributed by atoms with Crippen LogP contribution >= 0.6 is 11.3 Å². The van der Waals surface area contributed by atoms with Gasteiger partial charge < -0.3 is 4.74 Å². The molecule has 0 bridgehead atoms. The molecular formula is C8H9NO2S. The van der Waals surface area contributed by atoms with Gasteiger partial charge in [0.05, 0.1) is 0 Å². The molecule has 0 N–H and O–H groups in total. The first-order chi connectivity index (χ1) is 5.75. The van der Waals surface area contributed by atoms with Crippen molar-refractivity contribution in [1.29, 1.82) is 0 Å². The van der Waals surface area contributed by atoms with Gasteiger partial charge in [-0.1, -0.05) is 0 Å². The van der Waals surface area contributed by atoms with Crippen LogP contribution in [0.1, 0.15) is 29.6 Å². The van der Waals surface area contributed by atoms with Gasteiger partial charge in [0.2, 0.25) is 0 Å². The summed E-state index contributed by atoms with van der Waals surface area (Å²) in [6.45, 7) is 1.94. The monoisotopic (exact) mass is 183 g/mol. The van der Waals surface area contributed by atoms with Crippen LogP contribution in [0.3, 0.4) is 0 Å². The van der Waals surface area contributed by atoms with Crippen LogP contribution in [-0.4, -0.2) is 11.0 Å². The van der Waals surface area contributed by atoms with Crippen LogP contribution in [0.5, 0.6) is 0 Å². The van der Waals surface area contributed by atoms with E-state index in [-0.39, 0.29) is 12.1 Å². The van der Waals surface area contributed by atoms with E-state index in [1.54, 1.807) is 11.3 Å². The molecule has 1 aliphatic rings. The predicted octanol–water partition coefficient (Wildman–Crippen LogP) is 1.83. The highest BCUT2D eigenvalue weighted by Gasteiger charge is 2.26. The van der Waals surface area contributed by atoms with E-state index < -0.39 is 0 Å². The smallest absolute Gasteiger partial charge is 0.306 e. The summed E-state index contributed by atoms with van der Waals surface area (Å²) >= 11 is 1.56. The highest BCUT2D eigenvalue weighted by molar-refractivity contribution is 7.09. The standard InChI is InChI=1S/C8H9NO2S/c1-5-4-12-8(9-5)6-2-3-7(10)11-6/h4,6H,2-3H2,1H3. The topological polar surface area (TPSA) is 39.2 Å². The van der Waals surface area contributed by atoms with E-state index in [1.165, 1.54) is 0 Å². The number of ether oxygens (including phenoxy) is 1. The molecule has 12 heavy (non-hydrogen) atoms. The van der Waals surface area contributed by atoms with Crippen LogP contribution in [-0.2, 0) is 9.53 Å². The molecule has 1 fully saturated rings. The van der Waals surface area contributed by atoms with Gasteiger partial charge in [0.1, 0.15) is 5.01 Å². The second-order valence-corrected chi connectivity index (χ2v) is 3.73. The third kappa shape index (κ3) is 1.34. The van der Waals surface area contributed by atoms with E-state index in [0.717, 1.165) is 17.1 Å². The molecule has 2 rings (SSSR count). The summed E-state index contributed by atoms with van der Waals surface area (Å²) in [5.74, 6) is -0.104. The maximum absolute atomic E-state index is 10.8. The molecule has 0 aliphatic carbocycles. The normalized spacial score (nSPS) is 22.8. The minimum Gasteiger partial charge on any atom is -0.455 e. The molecule has 1 aromatic heterocycles. The number of aromatic nitrogens is 1. The van der Waals surface area contributed by atoms with E-state index in [4.69, 9.17) is 4.74 Å². The van der Waals surface area contributed by atoms with Gasteiger partial charge in [-0.2, -0.15) is 0 Å². The van der Waals surface area contributed by atoms with Crippen molar-refractivity contribution in [3.05, 3.63) is 16.1 Å². The summed E-state index contributed by atoms with van der Waals surface area (Å²) in [5.41, 5.74) is 0.998. The van der Waals surface area contributed by atoms with Gasteiger partial charge in [0.15, 0.2) is 6.10 Å². The van der Waals surface area contributed by atoms with Crippen molar-refractivity contribution < 1.29 is 9.53 Å². The summed E-state index contributed by atoms with van der Waals surface area (Å²) in [7, 11) is 0. The lowest BCUT2D eigenvalue weighted by Gasteiger charge is -2.03. The molecule has 2 heterocycles. The Balaban J connectivity index is 2.15. The highest BCUT2D eigenvalue weighted by atomic mass is 32.1. The van der Waals surface area contributed by atoms with E-state index >= 15 is 0 Å². The van der Waals surface area contributed by atoms with Crippen LogP contribution in [0.4, 0.5) is 0 Å². The number of hydrogen-bond donors (Lipinski definition) is 0. The quantitative estimate of drug-likeness (QED) is 0.623. The predicted molar refractivity (Wildman–Crippen MR) is 44.9 cm³/mol. The third-order valence-corrected chi connectivity index (χ3v) is 2.85. The first-order valence-electron chi connectivity index (χ1n) is 3.87. The van der Waals surface area contributed by atoms with Crippen molar-refractivity contribution in [2.75, 3.05) is 0 Å². The molecule has 0 spiro atoms. The average Bonchev–Trinajstić information content (AvgIpc) is 2.58. The maximum atomic E-state index is 10.8. The molecule has 0 radical (unpaired) electrons. The van der Waals surface area contributed by atoms with Crippen molar-refractivity contribution in [3.8, 4) is 0 Å². The summed E-state index contributed by atoms with van der Waals surface area (Å²) in [6, 6.07) is 0. The van der Waals surface area contributed by atoms with Gasteiger partial charge >= 0.3 is 5.97 Å². The van der Waals surface area contributed by atoms with Crippen LogP contribution in [0.15, 0.2) is 5.38 Å². The summed E-state index contributed by atoms with van der Waals surface area (Å²) < 4.78 is 5.07. The molecule has 1 aromatic rings. The Bertz CT molecular complexity index is 308. The van der Waals surface area contributed by atoms with Crippen LogP contribution in [0, 0.1) is 6.92 Å². The molecule has 1 unspecified atom stereocenters. The van der Waals surface area contributed by atoms with Crippen molar-refractivity contribution >= 4 is 17.3 Å². The fraction of sp³-hybridized carbons (Fsp3) is 0.500. The Hall–Kier alpha value is -0.900. The lowest BCUT2D eigenvalue weighted by atomic mass is 10.2. The van der Waals surface area contributed by atoms with Gasteiger partial charge in [-0.15, -0.1) is 11.3 Å². The molecule has 3 nitrogen and oxygen atoms in total.